The lowest BCUT2D eigenvalue weighted by Crippen LogP contribution is -2.51. The molecule has 0 aliphatic carbocycles. The van der Waals surface area contributed by atoms with Gasteiger partial charge in [-0.15, -0.1) is 13.2 Å². The van der Waals surface area contributed by atoms with E-state index >= 15 is 0 Å². The Morgan fingerprint density at radius 3 is 2.50 bits per heavy atom. The van der Waals surface area contributed by atoms with Gasteiger partial charge in [0.25, 0.3) is 0 Å². The Morgan fingerprint density at radius 1 is 1.23 bits per heavy atom. The van der Waals surface area contributed by atoms with Crippen molar-refractivity contribution < 1.29 is 22.3 Å². The minimum absolute atomic E-state index is 0.121. The predicted octanol–water partition coefficient (Wildman–Crippen LogP) is 4.02. The van der Waals surface area contributed by atoms with E-state index < -0.39 is 22.4 Å². The van der Waals surface area contributed by atoms with Crippen LogP contribution in [0.5, 0.6) is 5.75 Å². The third-order valence-corrected chi connectivity index (χ3v) is 5.44. The SMILES string of the molecule is Fc1c(Br)c(OC(F)(F)F)cc2c(N3CC4CCC(C3)N4)nc(Cl)nc12. The van der Waals surface area contributed by atoms with Crippen LogP contribution in [0.2, 0.25) is 5.28 Å². The standard InChI is InChI=1S/C15H12BrClF4N4O/c16-10-9(26-15(19,20)21)3-8-12(11(10)18)23-14(17)24-13(8)25-4-6-1-2-7(5-25)22-6/h3,6-7,22H,1-2,4-5H2. The highest BCUT2D eigenvalue weighted by Crippen LogP contribution is 2.40. The summed E-state index contributed by atoms with van der Waals surface area (Å²) >= 11 is 8.75. The highest BCUT2D eigenvalue weighted by Gasteiger charge is 2.36. The zero-order valence-electron chi connectivity index (χ0n) is 13.1. The van der Waals surface area contributed by atoms with Crippen LogP contribution in [0.15, 0.2) is 10.5 Å². The summed E-state index contributed by atoms with van der Waals surface area (Å²) in [7, 11) is 0. The Labute approximate surface area is 158 Å². The molecule has 0 saturated carbocycles. The van der Waals surface area contributed by atoms with Crippen LogP contribution < -0.4 is 15.0 Å². The van der Waals surface area contributed by atoms with E-state index in [9.17, 15) is 17.6 Å². The summed E-state index contributed by atoms with van der Waals surface area (Å²) in [4.78, 5) is 9.92. The topological polar surface area (TPSA) is 50.3 Å². The van der Waals surface area contributed by atoms with Crippen LogP contribution in [0, 0.1) is 5.82 Å². The van der Waals surface area contributed by atoms with Crippen LogP contribution in [0.1, 0.15) is 12.8 Å². The van der Waals surface area contributed by atoms with E-state index in [4.69, 9.17) is 11.6 Å². The molecule has 1 aromatic heterocycles. The maximum absolute atomic E-state index is 14.7. The largest absolute Gasteiger partial charge is 0.573 e. The molecule has 5 nitrogen and oxygen atoms in total. The molecule has 11 heteroatoms. The fraction of sp³-hybridized carbons (Fsp3) is 0.467. The molecule has 2 fully saturated rings. The van der Waals surface area contributed by atoms with Crippen molar-refractivity contribution >= 4 is 44.3 Å². The average Bonchev–Trinajstić information content (AvgIpc) is 2.89. The second-order valence-electron chi connectivity index (χ2n) is 6.31. The molecule has 1 N–H and O–H groups in total. The number of hydrogen-bond acceptors (Lipinski definition) is 5. The predicted molar refractivity (Wildman–Crippen MR) is 91.0 cm³/mol. The first-order valence-corrected chi connectivity index (χ1v) is 9.00. The monoisotopic (exact) mass is 454 g/mol. The van der Waals surface area contributed by atoms with Gasteiger partial charge in [-0.25, -0.2) is 9.37 Å². The van der Waals surface area contributed by atoms with E-state index in [0.29, 0.717) is 18.9 Å². The summed E-state index contributed by atoms with van der Waals surface area (Å²) < 4.78 is 56.1. The number of rotatable bonds is 2. The molecule has 140 valence electrons. The van der Waals surface area contributed by atoms with Crippen molar-refractivity contribution in [3.63, 3.8) is 0 Å². The number of anilines is 1. The molecule has 3 heterocycles. The van der Waals surface area contributed by atoms with Gasteiger partial charge in [0.05, 0.1) is 4.47 Å². The summed E-state index contributed by atoms with van der Waals surface area (Å²) in [6.07, 6.45) is -2.95. The van der Waals surface area contributed by atoms with Crippen LogP contribution in [0.4, 0.5) is 23.4 Å². The smallest absolute Gasteiger partial charge is 0.404 e. The summed E-state index contributed by atoms with van der Waals surface area (Å²) in [5, 5.41) is 3.39. The number of alkyl halides is 3. The third kappa shape index (κ3) is 3.29. The number of aromatic nitrogens is 2. The number of benzene rings is 1. The molecule has 2 unspecified atom stereocenters. The van der Waals surface area contributed by atoms with Gasteiger partial charge in [-0.1, -0.05) is 0 Å². The van der Waals surface area contributed by atoms with Crippen LogP contribution >= 0.6 is 27.5 Å². The van der Waals surface area contributed by atoms with Gasteiger partial charge in [0.1, 0.15) is 17.1 Å². The van der Waals surface area contributed by atoms with E-state index in [1.807, 2.05) is 4.90 Å². The molecule has 1 aromatic carbocycles. The first-order valence-electron chi connectivity index (χ1n) is 7.83. The molecule has 2 bridgehead atoms. The fourth-order valence-corrected chi connectivity index (χ4v) is 4.10. The number of nitrogens with zero attached hydrogens (tertiary/aromatic N) is 3. The Morgan fingerprint density at radius 2 is 1.88 bits per heavy atom. The van der Waals surface area contributed by atoms with Gasteiger partial charge in [-0.3, -0.25) is 0 Å². The molecule has 2 aliphatic rings. The molecule has 0 radical (unpaired) electrons. The van der Waals surface area contributed by atoms with Crippen LogP contribution in [-0.4, -0.2) is 41.5 Å². The van der Waals surface area contributed by atoms with E-state index in [1.165, 1.54) is 0 Å². The Balaban J connectivity index is 1.86. The van der Waals surface area contributed by atoms with Crippen molar-refractivity contribution in [1.29, 1.82) is 0 Å². The minimum atomic E-state index is -4.95. The third-order valence-electron chi connectivity index (χ3n) is 4.53. The van der Waals surface area contributed by atoms with Crippen molar-refractivity contribution in [2.24, 2.45) is 0 Å². The maximum atomic E-state index is 14.7. The number of ether oxygens (including phenoxy) is 1. The van der Waals surface area contributed by atoms with Crippen LogP contribution in [0.25, 0.3) is 10.9 Å². The lowest BCUT2D eigenvalue weighted by molar-refractivity contribution is -0.274. The number of nitrogens with one attached hydrogen (secondary N) is 1. The van der Waals surface area contributed by atoms with Crippen molar-refractivity contribution in [2.45, 2.75) is 31.3 Å². The highest BCUT2D eigenvalue weighted by molar-refractivity contribution is 9.10. The molecule has 0 spiro atoms. The van der Waals surface area contributed by atoms with Gasteiger partial charge in [-0.05, 0) is 46.4 Å². The van der Waals surface area contributed by atoms with Crippen LogP contribution in [-0.2, 0) is 0 Å². The van der Waals surface area contributed by atoms with Gasteiger partial charge >= 0.3 is 6.36 Å². The van der Waals surface area contributed by atoms with Crippen molar-refractivity contribution in [2.75, 3.05) is 18.0 Å². The molecule has 2 saturated heterocycles. The lowest BCUT2D eigenvalue weighted by Gasteiger charge is -2.34. The number of hydrogen-bond donors (Lipinski definition) is 1. The fourth-order valence-electron chi connectivity index (χ4n) is 3.55. The molecule has 26 heavy (non-hydrogen) atoms. The van der Waals surface area contributed by atoms with Gasteiger partial charge in [0, 0.05) is 30.6 Å². The molecule has 4 rings (SSSR count). The summed E-state index contributed by atoms with van der Waals surface area (Å²) in [6.45, 7) is 1.21. The Hall–Kier alpha value is -1.39. The van der Waals surface area contributed by atoms with Crippen molar-refractivity contribution in [3.05, 3.63) is 21.6 Å². The van der Waals surface area contributed by atoms with E-state index in [-0.39, 0.29) is 28.3 Å². The van der Waals surface area contributed by atoms with Gasteiger partial charge < -0.3 is 15.0 Å². The second kappa shape index (κ2) is 6.35. The Kier molecular flexibility index (Phi) is 4.39. The highest BCUT2D eigenvalue weighted by atomic mass is 79.9. The Bertz CT molecular complexity index is 869. The lowest BCUT2D eigenvalue weighted by atomic mass is 10.1. The molecule has 2 aromatic rings. The van der Waals surface area contributed by atoms with E-state index in [2.05, 4.69) is 36.0 Å². The summed E-state index contributed by atoms with van der Waals surface area (Å²) in [5.41, 5.74) is -0.160. The van der Waals surface area contributed by atoms with Crippen LogP contribution in [0.3, 0.4) is 0 Å². The van der Waals surface area contributed by atoms with E-state index in [1.54, 1.807) is 0 Å². The van der Waals surface area contributed by atoms with Gasteiger partial charge in [-0.2, -0.15) is 4.98 Å². The molecular formula is C15H12BrClF4N4O. The van der Waals surface area contributed by atoms with Crippen molar-refractivity contribution in [3.8, 4) is 5.75 Å². The van der Waals surface area contributed by atoms with E-state index in [0.717, 1.165) is 18.9 Å². The van der Waals surface area contributed by atoms with Gasteiger partial charge in [0.15, 0.2) is 5.82 Å². The minimum Gasteiger partial charge on any atom is -0.404 e. The zero-order chi connectivity index (χ0) is 18.6. The molecular weight excluding hydrogens is 444 g/mol. The summed E-state index contributed by atoms with van der Waals surface area (Å²) in [6, 6.07) is 1.60. The average molecular weight is 456 g/mol. The zero-order valence-corrected chi connectivity index (χ0v) is 15.4. The first kappa shape index (κ1) is 18.0. The quantitative estimate of drug-likeness (QED) is 0.548. The molecule has 2 atom stereocenters. The maximum Gasteiger partial charge on any atom is 0.573 e. The van der Waals surface area contributed by atoms with Crippen molar-refractivity contribution in [1.82, 2.24) is 15.3 Å². The molecule has 2 aliphatic heterocycles. The first-order chi connectivity index (χ1) is 12.2. The number of piperazine rings is 1. The summed E-state index contributed by atoms with van der Waals surface area (Å²) in [5.74, 6) is -1.37. The molecule has 0 amide bonds. The number of halogens is 6. The normalized spacial score (nSPS) is 22.9. The van der Waals surface area contributed by atoms with Gasteiger partial charge in [0.2, 0.25) is 5.28 Å². The number of fused-ring (bicyclic) bond motifs is 3. The second-order valence-corrected chi connectivity index (χ2v) is 7.44.